The third-order valence-corrected chi connectivity index (χ3v) is 8.30. The van der Waals surface area contributed by atoms with E-state index >= 15 is 0 Å². The van der Waals surface area contributed by atoms with Crippen LogP contribution in [0, 0.1) is 10.1 Å². The highest BCUT2D eigenvalue weighted by Gasteiger charge is 2.45. The maximum Gasteiger partial charge on any atom is 0.295 e. The second kappa shape index (κ2) is 17.1. The topological polar surface area (TPSA) is 101 Å². The molecule has 2 aromatic carbocycles. The first-order valence-corrected chi connectivity index (χ1v) is 15.9. The van der Waals surface area contributed by atoms with E-state index < -0.39 is 22.7 Å². The van der Waals surface area contributed by atoms with Crippen molar-refractivity contribution >= 4 is 39.1 Å². The van der Waals surface area contributed by atoms with E-state index in [1.54, 1.807) is 36.4 Å². The maximum atomic E-state index is 13.2. The van der Waals surface area contributed by atoms with E-state index in [0.29, 0.717) is 17.7 Å². The fourth-order valence-corrected chi connectivity index (χ4v) is 5.90. The number of carbonyl (C=O) groups is 2. The third-order valence-electron chi connectivity index (χ3n) is 7.81. The quantitative estimate of drug-likeness (QED) is 0.0443. The zero-order chi connectivity index (χ0) is 29.6. The van der Waals surface area contributed by atoms with E-state index in [0.717, 1.165) is 30.2 Å². The molecule has 1 aliphatic heterocycles. The van der Waals surface area contributed by atoms with E-state index in [-0.39, 0.29) is 17.0 Å². The molecule has 2 aromatic rings. The molecule has 1 amide bonds. The first-order valence-electron chi connectivity index (χ1n) is 15.1. The molecule has 0 spiro atoms. The summed E-state index contributed by atoms with van der Waals surface area (Å²) in [4.78, 5) is 38.6. The summed E-state index contributed by atoms with van der Waals surface area (Å²) in [5.41, 5.74) is 0.898. The Morgan fingerprint density at radius 2 is 1.39 bits per heavy atom. The van der Waals surface area contributed by atoms with Gasteiger partial charge in [0.1, 0.15) is 5.76 Å². The Kier molecular flexibility index (Phi) is 13.5. The Hall–Kier alpha value is -3.00. The van der Waals surface area contributed by atoms with Gasteiger partial charge in [0.05, 0.1) is 16.5 Å². The molecule has 1 atom stereocenters. The van der Waals surface area contributed by atoms with Crippen molar-refractivity contribution < 1.29 is 19.6 Å². The van der Waals surface area contributed by atoms with Gasteiger partial charge in [0.2, 0.25) is 0 Å². The summed E-state index contributed by atoms with van der Waals surface area (Å²) in [5, 5.41) is 22.4. The molecule has 41 heavy (non-hydrogen) atoms. The number of nitro groups is 1. The Bertz CT molecular complexity index is 1190. The molecule has 1 N–H and O–H groups in total. The smallest absolute Gasteiger partial charge is 0.295 e. The van der Waals surface area contributed by atoms with Gasteiger partial charge in [-0.1, -0.05) is 118 Å². The predicted molar refractivity (Wildman–Crippen MR) is 167 cm³/mol. The molecule has 0 saturated carbocycles. The van der Waals surface area contributed by atoms with E-state index in [4.69, 9.17) is 0 Å². The van der Waals surface area contributed by atoms with Crippen molar-refractivity contribution in [3.63, 3.8) is 0 Å². The molecule has 1 aliphatic rings. The Morgan fingerprint density at radius 1 is 0.854 bits per heavy atom. The Labute approximate surface area is 252 Å². The molecule has 0 bridgehead atoms. The summed E-state index contributed by atoms with van der Waals surface area (Å²) in [7, 11) is 0. The van der Waals surface area contributed by atoms with Crippen LogP contribution in [-0.4, -0.2) is 33.2 Å². The number of ketones is 1. The number of halogens is 1. The number of likely N-dealkylation sites (tertiary alicyclic amines) is 1. The molecule has 0 aromatic heterocycles. The van der Waals surface area contributed by atoms with E-state index in [1.807, 2.05) is 0 Å². The van der Waals surface area contributed by atoms with Gasteiger partial charge >= 0.3 is 0 Å². The second-order valence-corrected chi connectivity index (χ2v) is 11.9. The summed E-state index contributed by atoms with van der Waals surface area (Å²) >= 11 is 3.39. The molecule has 3 rings (SSSR count). The molecular formula is C33H43BrN2O5. The normalized spacial score (nSPS) is 16.4. The summed E-state index contributed by atoms with van der Waals surface area (Å²) in [6.45, 7) is 2.62. The van der Waals surface area contributed by atoms with Gasteiger partial charge in [-0.25, -0.2) is 0 Å². The zero-order valence-electron chi connectivity index (χ0n) is 24.2. The van der Waals surface area contributed by atoms with Crippen LogP contribution in [0.25, 0.3) is 5.76 Å². The van der Waals surface area contributed by atoms with Gasteiger partial charge < -0.3 is 10.0 Å². The van der Waals surface area contributed by atoms with Gasteiger partial charge in [0.15, 0.2) is 0 Å². The van der Waals surface area contributed by atoms with Crippen molar-refractivity contribution in [3.8, 4) is 0 Å². The van der Waals surface area contributed by atoms with Gasteiger partial charge in [-0.15, -0.1) is 0 Å². The number of rotatable bonds is 18. The van der Waals surface area contributed by atoms with Crippen LogP contribution in [0.4, 0.5) is 5.69 Å². The van der Waals surface area contributed by atoms with Gasteiger partial charge in [-0.05, 0) is 36.2 Å². The molecule has 1 fully saturated rings. The molecule has 7 nitrogen and oxygen atoms in total. The van der Waals surface area contributed by atoms with Crippen molar-refractivity contribution in [2.45, 2.75) is 103 Å². The SMILES string of the molecule is CCCCCCCCCCCCCCCCN1C(=O)C(=O)C(=C(O)c2cccc(Br)c2)[C@H]1c1ccc([N+](=O)[O-])cc1. The van der Waals surface area contributed by atoms with E-state index in [9.17, 15) is 24.8 Å². The van der Waals surface area contributed by atoms with Crippen LogP contribution >= 0.6 is 15.9 Å². The monoisotopic (exact) mass is 626 g/mol. The number of aliphatic hydroxyl groups excluding tert-OH is 1. The van der Waals surface area contributed by atoms with Crippen LogP contribution in [0.15, 0.2) is 58.6 Å². The highest BCUT2D eigenvalue weighted by Crippen LogP contribution is 2.40. The summed E-state index contributed by atoms with van der Waals surface area (Å²) < 4.78 is 0.727. The summed E-state index contributed by atoms with van der Waals surface area (Å²) in [5.74, 6) is -1.65. The molecule has 222 valence electrons. The molecule has 8 heteroatoms. The van der Waals surface area contributed by atoms with Crippen LogP contribution in [0.2, 0.25) is 0 Å². The minimum atomic E-state index is -0.809. The average molecular weight is 628 g/mol. The molecule has 1 heterocycles. The lowest BCUT2D eigenvalue weighted by Gasteiger charge is -2.25. The number of unbranched alkanes of at least 4 members (excludes halogenated alkanes) is 13. The molecule has 0 radical (unpaired) electrons. The Balaban J connectivity index is 1.58. The van der Waals surface area contributed by atoms with Crippen LogP contribution in [-0.2, 0) is 9.59 Å². The fraction of sp³-hybridized carbons (Fsp3) is 0.515. The molecule has 0 unspecified atom stereocenters. The second-order valence-electron chi connectivity index (χ2n) is 10.9. The number of non-ortho nitro benzene ring substituents is 1. The number of nitrogens with zero attached hydrogens (tertiary/aromatic N) is 2. The highest BCUT2D eigenvalue weighted by atomic mass is 79.9. The third kappa shape index (κ3) is 9.52. The standard InChI is InChI=1S/C33H43BrN2O5/c1-2-3-4-5-6-7-8-9-10-11-12-13-14-15-23-35-30(25-19-21-28(22-20-25)36(40)41)29(32(38)33(35)39)31(37)26-17-16-18-27(34)24-26/h16-22,24,30,37H,2-15,23H2,1H3/t30-/m1/s1. The lowest BCUT2D eigenvalue weighted by Crippen LogP contribution is -2.30. The first kappa shape index (κ1) is 32.5. The zero-order valence-corrected chi connectivity index (χ0v) is 25.7. The maximum absolute atomic E-state index is 13.2. The van der Waals surface area contributed by atoms with Gasteiger partial charge in [-0.3, -0.25) is 19.7 Å². The minimum absolute atomic E-state index is 0.00677. The van der Waals surface area contributed by atoms with Gasteiger partial charge in [-0.2, -0.15) is 0 Å². The van der Waals surface area contributed by atoms with Gasteiger partial charge in [0.25, 0.3) is 17.4 Å². The van der Waals surface area contributed by atoms with Crippen LogP contribution in [0.5, 0.6) is 0 Å². The summed E-state index contributed by atoms with van der Waals surface area (Å²) in [6.07, 6.45) is 17.1. The Morgan fingerprint density at radius 3 is 1.90 bits per heavy atom. The van der Waals surface area contributed by atoms with Crippen molar-refractivity contribution in [1.29, 1.82) is 0 Å². The fourth-order valence-electron chi connectivity index (χ4n) is 5.50. The first-order chi connectivity index (χ1) is 19.8. The number of Topliss-reactive ketones (excluding diaryl/α,β-unsaturated/α-hetero) is 1. The van der Waals surface area contributed by atoms with E-state index in [2.05, 4.69) is 22.9 Å². The molecule has 1 saturated heterocycles. The van der Waals surface area contributed by atoms with Crippen LogP contribution in [0.1, 0.15) is 114 Å². The number of aliphatic hydroxyl groups is 1. The number of hydrogen-bond donors (Lipinski definition) is 1. The van der Waals surface area contributed by atoms with E-state index in [1.165, 1.54) is 81.2 Å². The van der Waals surface area contributed by atoms with Crippen LogP contribution < -0.4 is 0 Å². The lowest BCUT2D eigenvalue weighted by molar-refractivity contribution is -0.384. The number of nitro benzene ring substituents is 1. The average Bonchev–Trinajstić information content (AvgIpc) is 3.22. The highest BCUT2D eigenvalue weighted by molar-refractivity contribution is 9.10. The molecular weight excluding hydrogens is 584 g/mol. The largest absolute Gasteiger partial charge is 0.507 e. The number of amides is 1. The van der Waals surface area contributed by atoms with Crippen molar-refractivity contribution in [2.75, 3.05) is 6.54 Å². The van der Waals surface area contributed by atoms with Crippen molar-refractivity contribution in [3.05, 3.63) is 79.8 Å². The lowest BCUT2D eigenvalue weighted by atomic mass is 9.95. The predicted octanol–water partition coefficient (Wildman–Crippen LogP) is 9.26. The number of hydrogen-bond acceptors (Lipinski definition) is 5. The number of carbonyl (C=O) groups excluding carboxylic acids is 2. The van der Waals surface area contributed by atoms with Gasteiger partial charge in [0, 0.05) is 28.7 Å². The minimum Gasteiger partial charge on any atom is -0.507 e. The summed E-state index contributed by atoms with van der Waals surface area (Å²) in [6, 6.07) is 11.9. The van der Waals surface area contributed by atoms with Crippen molar-refractivity contribution in [2.24, 2.45) is 0 Å². The number of benzene rings is 2. The van der Waals surface area contributed by atoms with Crippen molar-refractivity contribution in [1.82, 2.24) is 4.90 Å². The van der Waals surface area contributed by atoms with Crippen LogP contribution in [0.3, 0.4) is 0 Å². The molecule has 0 aliphatic carbocycles.